The molecule has 1 N–H and O–H groups in total. The normalized spacial score (nSPS) is 10.3. The molecule has 0 saturated heterocycles. The van der Waals surface area contributed by atoms with Gasteiger partial charge in [0, 0.05) is 17.5 Å². The molecule has 7 heteroatoms. The summed E-state index contributed by atoms with van der Waals surface area (Å²) in [5.41, 5.74) is 1.09. The molecule has 0 atom stereocenters. The lowest BCUT2D eigenvalue weighted by atomic mass is 10.2. The highest BCUT2D eigenvalue weighted by molar-refractivity contribution is 7.13. The van der Waals surface area contributed by atoms with E-state index in [1.807, 2.05) is 24.3 Å². The molecule has 0 radical (unpaired) electrons. The molecular weight excluding hydrogens is 340 g/mol. The fraction of sp³-hybridized carbons (Fsp3) is 0.389. The number of benzene rings is 1. The first-order valence-corrected chi connectivity index (χ1v) is 9.05. The minimum absolute atomic E-state index is 0.203. The summed E-state index contributed by atoms with van der Waals surface area (Å²) in [6.45, 7) is 2.40. The van der Waals surface area contributed by atoms with Gasteiger partial charge < -0.3 is 14.8 Å². The van der Waals surface area contributed by atoms with Gasteiger partial charge in [-0.2, -0.15) is 0 Å². The molecule has 0 saturated carbocycles. The molecule has 1 amide bonds. The molecule has 1 heterocycles. The highest BCUT2D eigenvalue weighted by Crippen LogP contribution is 2.25. The lowest BCUT2D eigenvalue weighted by Crippen LogP contribution is -2.29. The number of carbonyl (C=O) groups is 2. The first-order valence-electron chi connectivity index (χ1n) is 8.17. The van der Waals surface area contributed by atoms with Crippen LogP contribution in [0.3, 0.4) is 0 Å². The van der Waals surface area contributed by atoms with Gasteiger partial charge in [-0.1, -0.05) is 19.8 Å². The number of esters is 1. The van der Waals surface area contributed by atoms with Gasteiger partial charge in [0.25, 0.3) is 5.91 Å². The summed E-state index contributed by atoms with van der Waals surface area (Å²) in [7, 11) is 1.60. The van der Waals surface area contributed by atoms with E-state index < -0.39 is 5.97 Å². The van der Waals surface area contributed by atoms with Crippen molar-refractivity contribution in [3.63, 3.8) is 0 Å². The molecular formula is C18H22N2O4S. The summed E-state index contributed by atoms with van der Waals surface area (Å²) in [5.74, 6) is -0.139. The highest BCUT2D eigenvalue weighted by Gasteiger charge is 2.14. The fourth-order valence-corrected chi connectivity index (χ4v) is 2.89. The number of aromatic nitrogens is 1. The number of unbranched alkanes of at least 4 members (excludes halogenated alkanes) is 2. The lowest BCUT2D eigenvalue weighted by molar-refractivity contribution is -0.124. The summed E-state index contributed by atoms with van der Waals surface area (Å²) < 4.78 is 10.1. The highest BCUT2D eigenvalue weighted by atomic mass is 32.1. The van der Waals surface area contributed by atoms with Crippen molar-refractivity contribution in [2.45, 2.75) is 26.2 Å². The van der Waals surface area contributed by atoms with Crippen LogP contribution in [-0.2, 0) is 9.53 Å². The van der Waals surface area contributed by atoms with Crippen molar-refractivity contribution in [2.75, 3.05) is 20.3 Å². The van der Waals surface area contributed by atoms with E-state index in [-0.39, 0.29) is 18.2 Å². The van der Waals surface area contributed by atoms with E-state index >= 15 is 0 Å². The van der Waals surface area contributed by atoms with Crippen LogP contribution in [0.2, 0.25) is 0 Å². The number of thiazole rings is 1. The van der Waals surface area contributed by atoms with Gasteiger partial charge in [-0.3, -0.25) is 4.79 Å². The van der Waals surface area contributed by atoms with E-state index in [1.165, 1.54) is 11.3 Å². The van der Waals surface area contributed by atoms with Gasteiger partial charge in [0.15, 0.2) is 12.3 Å². The predicted molar refractivity (Wildman–Crippen MR) is 96.9 cm³/mol. The summed E-state index contributed by atoms with van der Waals surface area (Å²) in [6.07, 6.45) is 3.08. The molecule has 0 aliphatic heterocycles. The third kappa shape index (κ3) is 5.86. The maximum absolute atomic E-state index is 12.0. The van der Waals surface area contributed by atoms with Gasteiger partial charge in [0.05, 0.1) is 7.11 Å². The number of amides is 1. The zero-order valence-electron chi connectivity index (χ0n) is 14.4. The van der Waals surface area contributed by atoms with E-state index in [2.05, 4.69) is 17.2 Å². The summed E-state index contributed by atoms with van der Waals surface area (Å²) in [6, 6.07) is 7.41. The number of hydrogen-bond donors (Lipinski definition) is 1. The van der Waals surface area contributed by atoms with Crippen LogP contribution in [0.15, 0.2) is 29.6 Å². The summed E-state index contributed by atoms with van der Waals surface area (Å²) in [5, 5.41) is 5.05. The van der Waals surface area contributed by atoms with Crippen LogP contribution >= 0.6 is 11.3 Å². The molecule has 0 spiro atoms. The number of nitrogens with zero attached hydrogens (tertiary/aromatic N) is 1. The fourth-order valence-electron chi connectivity index (χ4n) is 2.09. The van der Waals surface area contributed by atoms with Gasteiger partial charge in [0.1, 0.15) is 10.8 Å². The van der Waals surface area contributed by atoms with Crippen molar-refractivity contribution in [3.8, 4) is 16.3 Å². The van der Waals surface area contributed by atoms with Gasteiger partial charge >= 0.3 is 5.97 Å². The topological polar surface area (TPSA) is 77.5 Å². The molecule has 1 aromatic heterocycles. The third-order valence-electron chi connectivity index (χ3n) is 3.49. The SMILES string of the molecule is CCCCCNC(=O)COC(=O)c1csc(-c2ccc(OC)cc2)n1. The van der Waals surface area contributed by atoms with E-state index in [4.69, 9.17) is 9.47 Å². The van der Waals surface area contributed by atoms with E-state index in [1.54, 1.807) is 12.5 Å². The Balaban J connectivity index is 1.84. The summed E-state index contributed by atoms with van der Waals surface area (Å²) >= 11 is 1.34. The van der Waals surface area contributed by atoms with E-state index in [9.17, 15) is 9.59 Å². The minimum Gasteiger partial charge on any atom is -0.497 e. The van der Waals surface area contributed by atoms with Gasteiger partial charge in [-0.15, -0.1) is 11.3 Å². The van der Waals surface area contributed by atoms with Crippen LogP contribution < -0.4 is 10.1 Å². The Morgan fingerprint density at radius 1 is 1.20 bits per heavy atom. The molecule has 25 heavy (non-hydrogen) atoms. The first-order chi connectivity index (χ1) is 12.1. The van der Waals surface area contributed by atoms with Crippen molar-refractivity contribution in [1.29, 1.82) is 0 Å². The Hall–Kier alpha value is -2.41. The molecule has 0 unspecified atom stereocenters. The molecule has 2 aromatic rings. The Morgan fingerprint density at radius 3 is 2.64 bits per heavy atom. The number of nitrogens with one attached hydrogen (secondary N) is 1. The van der Waals surface area contributed by atoms with Crippen LogP contribution in [0.1, 0.15) is 36.7 Å². The molecule has 6 nitrogen and oxygen atoms in total. The smallest absolute Gasteiger partial charge is 0.358 e. The third-order valence-corrected chi connectivity index (χ3v) is 4.38. The maximum Gasteiger partial charge on any atom is 0.358 e. The van der Waals surface area contributed by atoms with Crippen LogP contribution in [0.4, 0.5) is 0 Å². The first kappa shape index (κ1) is 18.9. The zero-order valence-corrected chi connectivity index (χ0v) is 15.2. The Kier molecular flexibility index (Phi) is 7.40. The number of ether oxygens (including phenoxy) is 2. The van der Waals surface area contributed by atoms with Crippen LogP contribution in [0.25, 0.3) is 10.6 Å². The molecule has 134 valence electrons. The van der Waals surface area contributed by atoms with Crippen molar-refractivity contribution in [2.24, 2.45) is 0 Å². The van der Waals surface area contributed by atoms with Gasteiger partial charge in [-0.05, 0) is 30.7 Å². The number of hydrogen-bond acceptors (Lipinski definition) is 6. The Bertz CT molecular complexity index is 697. The average Bonchev–Trinajstić information content (AvgIpc) is 3.13. The summed E-state index contributed by atoms with van der Waals surface area (Å²) in [4.78, 5) is 27.9. The van der Waals surface area contributed by atoms with Crippen LogP contribution in [0, 0.1) is 0 Å². The molecule has 0 fully saturated rings. The second-order valence-corrected chi connectivity index (χ2v) is 6.26. The molecule has 0 bridgehead atoms. The molecule has 1 aromatic carbocycles. The standard InChI is InChI=1S/C18H22N2O4S/c1-3-4-5-10-19-16(21)11-24-18(22)15-12-25-17(20-15)13-6-8-14(23-2)9-7-13/h6-9,12H,3-5,10-11H2,1-2H3,(H,19,21). The predicted octanol–water partition coefficient (Wildman–Crippen LogP) is 3.28. The largest absolute Gasteiger partial charge is 0.497 e. The Morgan fingerprint density at radius 2 is 1.96 bits per heavy atom. The zero-order chi connectivity index (χ0) is 18.1. The Labute approximate surface area is 151 Å². The second-order valence-electron chi connectivity index (χ2n) is 5.40. The van der Waals surface area contributed by atoms with Crippen molar-refractivity contribution < 1.29 is 19.1 Å². The molecule has 0 aliphatic carbocycles. The van der Waals surface area contributed by atoms with Gasteiger partial charge in [-0.25, -0.2) is 9.78 Å². The molecule has 2 rings (SSSR count). The van der Waals surface area contributed by atoms with E-state index in [0.29, 0.717) is 11.6 Å². The van der Waals surface area contributed by atoms with Crippen molar-refractivity contribution in [1.82, 2.24) is 10.3 Å². The quantitative estimate of drug-likeness (QED) is 0.547. The van der Waals surface area contributed by atoms with E-state index in [0.717, 1.165) is 30.6 Å². The van der Waals surface area contributed by atoms with Crippen molar-refractivity contribution in [3.05, 3.63) is 35.3 Å². The molecule has 0 aliphatic rings. The maximum atomic E-state index is 12.0. The number of rotatable bonds is 9. The number of methoxy groups -OCH3 is 1. The van der Waals surface area contributed by atoms with Gasteiger partial charge in [0.2, 0.25) is 0 Å². The average molecular weight is 362 g/mol. The van der Waals surface area contributed by atoms with Crippen molar-refractivity contribution >= 4 is 23.2 Å². The van der Waals surface area contributed by atoms with Crippen LogP contribution in [-0.4, -0.2) is 37.1 Å². The van der Waals surface area contributed by atoms with Crippen LogP contribution in [0.5, 0.6) is 5.75 Å². The monoisotopic (exact) mass is 362 g/mol. The lowest BCUT2D eigenvalue weighted by Gasteiger charge is -2.05. The minimum atomic E-state index is -0.597. The number of carbonyl (C=O) groups excluding carboxylic acids is 2. The second kappa shape index (κ2) is 9.78.